The van der Waals surface area contributed by atoms with Crippen molar-refractivity contribution in [1.29, 1.82) is 0 Å². The van der Waals surface area contributed by atoms with E-state index in [0.29, 0.717) is 0 Å². The van der Waals surface area contributed by atoms with Crippen molar-refractivity contribution in [1.82, 2.24) is 0 Å². The minimum absolute atomic E-state index is 0.898. The van der Waals surface area contributed by atoms with Gasteiger partial charge in [0.2, 0.25) is 0 Å². The largest absolute Gasteiger partial charge is 0.329 e. The molecule has 0 nitrogen and oxygen atoms in total. The van der Waals surface area contributed by atoms with Crippen LogP contribution in [0.4, 0.5) is 0 Å². The quantitative estimate of drug-likeness (QED) is 0.404. The zero-order valence-corrected chi connectivity index (χ0v) is 5.15. The number of rotatable bonds is 0. The molecule has 0 aromatic carbocycles. The fourth-order valence-electron chi connectivity index (χ4n) is 1.28. The van der Waals surface area contributed by atoms with E-state index in [1.165, 1.54) is 12.8 Å². The topological polar surface area (TPSA) is 0 Å². The van der Waals surface area contributed by atoms with Gasteiger partial charge in [-0.1, -0.05) is 26.7 Å². The van der Waals surface area contributed by atoms with Crippen LogP contribution in [0.3, 0.4) is 0 Å². The molecule has 1 rings (SSSR count). The lowest BCUT2D eigenvalue weighted by molar-refractivity contribution is 0.765. The molecular formula is C6H12B-. The van der Waals surface area contributed by atoms with E-state index >= 15 is 0 Å². The van der Waals surface area contributed by atoms with Gasteiger partial charge in [-0.3, -0.25) is 0 Å². The van der Waals surface area contributed by atoms with Gasteiger partial charge >= 0.3 is 0 Å². The third-order valence-corrected chi connectivity index (χ3v) is 1.73. The maximum Gasteiger partial charge on any atom is -0.0907 e. The summed E-state index contributed by atoms with van der Waals surface area (Å²) in [6.45, 7) is 4.59. The fourth-order valence-corrected chi connectivity index (χ4v) is 1.28. The molecule has 0 N–H and O–H groups in total. The van der Waals surface area contributed by atoms with Gasteiger partial charge in [-0.15, -0.1) is 0 Å². The molecule has 1 fully saturated rings. The molecule has 2 radical (unpaired) electrons. The molecule has 0 saturated carbocycles. The fraction of sp³-hybridized carbons (Fsp3) is 1.00. The van der Waals surface area contributed by atoms with E-state index < -0.39 is 0 Å². The summed E-state index contributed by atoms with van der Waals surface area (Å²) in [5.41, 5.74) is 0. The molecule has 1 heterocycles. The summed E-state index contributed by atoms with van der Waals surface area (Å²) in [5, 5.41) is 0. The number of hydrogen-bond donors (Lipinski definition) is 0. The molecule has 7 heavy (non-hydrogen) atoms. The minimum Gasteiger partial charge on any atom is -0.329 e. The highest BCUT2D eigenvalue weighted by Gasteiger charge is 2.01. The predicted molar refractivity (Wildman–Crippen MR) is 33.8 cm³/mol. The average molecular weight is 95.0 g/mol. The van der Waals surface area contributed by atoms with E-state index in [-0.39, 0.29) is 0 Å². The Morgan fingerprint density at radius 2 is 1.57 bits per heavy atom. The van der Waals surface area contributed by atoms with Gasteiger partial charge in [-0.25, -0.2) is 11.6 Å². The van der Waals surface area contributed by atoms with Crippen LogP contribution in [0.15, 0.2) is 0 Å². The molecule has 0 bridgehead atoms. The van der Waals surface area contributed by atoms with E-state index in [2.05, 4.69) is 21.1 Å². The smallest absolute Gasteiger partial charge is 0.0907 e. The molecule has 2 atom stereocenters. The Balaban J connectivity index is 2.26. The van der Waals surface area contributed by atoms with Crippen LogP contribution in [0.25, 0.3) is 0 Å². The lowest BCUT2D eigenvalue weighted by Gasteiger charge is -2.15. The van der Waals surface area contributed by atoms with Crippen LogP contribution in [0.1, 0.15) is 26.7 Å². The van der Waals surface area contributed by atoms with Crippen LogP contribution < -0.4 is 0 Å². The Morgan fingerprint density at radius 3 is 1.71 bits per heavy atom. The van der Waals surface area contributed by atoms with Gasteiger partial charge in [0.1, 0.15) is 0 Å². The summed E-state index contributed by atoms with van der Waals surface area (Å²) in [7, 11) is 2.44. The minimum atomic E-state index is 0.898. The Morgan fingerprint density at radius 1 is 1.14 bits per heavy atom. The lowest BCUT2D eigenvalue weighted by atomic mass is 9.62. The molecule has 1 aliphatic heterocycles. The summed E-state index contributed by atoms with van der Waals surface area (Å²) in [6.07, 6.45) is 2.84. The molecular weight excluding hydrogens is 82.9 g/mol. The summed E-state index contributed by atoms with van der Waals surface area (Å²) in [5.74, 6) is 1.80. The van der Waals surface area contributed by atoms with Crippen molar-refractivity contribution in [2.24, 2.45) is 0 Å². The van der Waals surface area contributed by atoms with Crippen LogP contribution in [0.2, 0.25) is 11.6 Å². The monoisotopic (exact) mass is 95.1 g/mol. The molecule has 0 aromatic heterocycles. The van der Waals surface area contributed by atoms with Gasteiger partial charge in [0, 0.05) is 0 Å². The van der Waals surface area contributed by atoms with E-state index in [0.717, 1.165) is 11.6 Å². The van der Waals surface area contributed by atoms with Crippen molar-refractivity contribution in [3.05, 3.63) is 0 Å². The van der Waals surface area contributed by atoms with Crippen molar-refractivity contribution in [3.63, 3.8) is 0 Å². The standard InChI is InChI=1S/C6H12B/c1-5-3-4-6(2)7-5/h5-6H,3-4H2,1-2H3/q-1/t5-,6-/m1/s1. The highest BCUT2D eigenvalue weighted by Crippen LogP contribution is 2.30. The van der Waals surface area contributed by atoms with Gasteiger partial charge in [0.15, 0.2) is 0 Å². The molecule has 0 amide bonds. The summed E-state index contributed by atoms with van der Waals surface area (Å²) >= 11 is 0. The van der Waals surface area contributed by atoms with E-state index in [1.54, 1.807) is 0 Å². The van der Waals surface area contributed by atoms with Crippen LogP contribution >= 0.6 is 0 Å². The second kappa shape index (κ2) is 1.89. The Labute approximate surface area is 46.5 Å². The first-order valence-corrected chi connectivity index (χ1v) is 3.14. The molecule has 0 spiro atoms. The molecule has 0 aromatic rings. The normalized spacial score (nSPS) is 42.0. The van der Waals surface area contributed by atoms with Crippen molar-refractivity contribution >= 4 is 7.28 Å². The van der Waals surface area contributed by atoms with Gasteiger partial charge in [-0.05, 0) is 0 Å². The van der Waals surface area contributed by atoms with Gasteiger partial charge in [0.05, 0.1) is 0 Å². The van der Waals surface area contributed by atoms with Crippen molar-refractivity contribution in [2.75, 3.05) is 0 Å². The summed E-state index contributed by atoms with van der Waals surface area (Å²) in [4.78, 5) is 0. The van der Waals surface area contributed by atoms with Crippen LogP contribution in [0.5, 0.6) is 0 Å². The van der Waals surface area contributed by atoms with Crippen molar-refractivity contribution in [3.8, 4) is 0 Å². The number of hydrogen-bond acceptors (Lipinski definition) is 0. The zero-order chi connectivity index (χ0) is 5.28. The summed E-state index contributed by atoms with van der Waals surface area (Å²) < 4.78 is 0. The Kier molecular flexibility index (Phi) is 1.41. The Hall–Kier alpha value is 0.0649. The van der Waals surface area contributed by atoms with Gasteiger partial charge in [-0.2, -0.15) is 0 Å². The van der Waals surface area contributed by atoms with Gasteiger partial charge in [0.25, 0.3) is 0 Å². The van der Waals surface area contributed by atoms with Crippen LogP contribution in [-0.4, -0.2) is 7.28 Å². The predicted octanol–water partition coefficient (Wildman–Crippen LogP) is 2.10. The highest BCUT2D eigenvalue weighted by atomic mass is 14.1. The third kappa shape index (κ3) is 1.22. The van der Waals surface area contributed by atoms with Crippen LogP contribution in [-0.2, 0) is 0 Å². The molecule has 0 unspecified atom stereocenters. The van der Waals surface area contributed by atoms with E-state index in [4.69, 9.17) is 0 Å². The molecule has 1 saturated heterocycles. The first kappa shape index (κ1) is 5.21. The average Bonchev–Trinajstić information content (AvgIpc) is 1.87. The second-order valence-corrected chi connectivity index (χ2v) is 2.72. The molecule has 1 heteroatoms. The molecule has 0 aliphatic carbocycles. The lowest BCUT2D eigenvalue weighted by Crippen LogP contribution is -1.91. The molecule has 40 valence electrons. The van der Waals surface area contributed by atoms with Crippen molar-refractivity contribution < 1.29 is 0 Å². The zero-order valence-electron chi connectivity index (χ0n) is 5.15. The van der Waals surface area contributed by atoms with Crippen molar-refractivity contribution in [2.45, 2.75) is 38.3 Å². The second-order valence-electron chi connectivity index (χ2n) is 2.72. The Bertz CT molecular complexity index is 53.2. The first-order chi connectivity index (χ1) is 3.29. The highest BCUT2D eigenvalue weighted by molar-refractivity contribution is 6.40. The third-order valence-electron chi connectivity index (χ3n) is 1.73. The van der Waals surface area contributed by atoms with E-state index in [9.17, 15) is 0 Å². The maximum absolute atomic E-state index is 2.44. The van der Waals surface area contributed by atoms with E-state index in [1.807, 2.05) is 0 Å². The summed E-state index contributed by atoms with van der Waals surface area (Å²) in [6, 6.07) is 0. The van der Waals surface area contributed by atoms with Gasteiger partial charge < -0.3 is 7.28 Å². The maximum atomic E-state index is 2.44. The first-order valence-electron chi connectivity index (χ1n) is 3.14. The van der Waals surface area contributed by atoms with Crippen LogP contribution in [0, 0.1) is 0 Å². The molecule has 1 aliphatic rings. The SMILES string of the molecule is C[C@H]1[B-][C@H](C)CC1.